The molecule has 0 saturated carbocycles. The summed E-state index contributed by atoms with van der Waals surface area (Å²) in [5.41, 5.74) is -1.97. The average molecular weight is 308 g/mol. The number of hydrogen-bond acceptors (Lipinski definition) is 6. The van der Waals surface area contributed by atoms with E-state index in [9.17, 15) is 14.6 Å². The van der Waals surface area contributed by atoms with Crippen molar-refractivity contribution in [2.75, 3.05) is 6.61 Å². The van der Waals surface area contributed by atoms with Gasteiger partial charge in [-0.1, -0.05) is 12.2 Å². The number of ether oxygens (including phenoxy) is 1. The van der Waals surface area contributed by atoms with Crippen LogP contribution >= 0.6 is 24.4 Å². The third-order valence-electron chi connectivity index (χ3n) is 3.09. The summed E-state index contributed by atoms with van der Waals surface area (Å²) in [6, 6.07) is 1.48. The lowest BCUT2D eigenvalue weighted by Gasteiger charge is -2.27. The molecule has 1 unspecified atom stereocenters. The summed E-state index contributed by atoms with van der Waals surface area (Å²) < 4.78 is 20.8. The summed E-state index contributed by atoms with van der Waals surface area (Å²) in [4.78, 5) is 2.65. The van der Waals surface area contributed by atoms with Crippen molar-refractivity contribution in [2.45, 2.75) is 30.7 Å². The zero-order chi connectivity index (χ0) is 14.4. The monoisotopic (exact) mass is 308 g/mol. The number of aliphatic hydroxyl groups is 3. The molecular formula is C10H13FN2O4S2. The molecule has 0 aromatic carbocycles. The molecule has 0 radical (unpaired) electrons. The fourth-order valence-corrected chi connectivity index (χ4v) is 2.50. The van der Waals surface area contributed by atoms with Crippen LogP contribution in [0, 0.1) is 9.41 Å². The first-order valence-electron chi connectivity index (χ1n) is 5.42. The first-order chi connectivity index (χ1) is 8.72. The SMILES string of the molecule is C[C@@]1(O)C(O)[C@@](F)(CO)O[C@H]1n1ccc(=S)[nH]c1=S. The summed E-state index contributed by atoms with van der Waals surface area (Å²) in [5, 5.41) is 28.9. The zero-order valence-electron chi connectivity index (χ0n) is 9.91. The Hall–Kier alpha value is -0.710. The molecule has 0 amide bonds. The minimum absolute atomic E-state index is 0.104. The molecule has 1 aromatic rings. The van der Waals surface area contributed by atoms with E-state index in [1.54, 1.807) is 0 Å². The highest BCUT2D eigenvalue weighted by molar-refractivity contribution is 7.72. The molecule has 1 aliphatic rings. The zero-order valence-corrected chi connectivity index (χ0v) is 11.5. The maximum atomic E-state index is 14.1. The highest BCUT2D eigenvalue weighted by Gasteiger charge is 2.62. The van der Waals surface area contributed by atoms with E-state index in [1.807, 2.05) is 0 Å². The standard InChI is InChI=1S/C10H13FN2O4S2/c1-9(16)6(15)10(11,4-14)17-7(9)13-3-2-5(18)12-8(13)19/h2-3,6-7,14-16H,4H2,1H3,(H,12,18,19)/t6?,7-,9-,10-/m1/s1. The van der Waals surface area contributed by atoms with Crippen molar-refractivity contribution < 1.29 is 24.4 Å². The molecule has 6 nitrogen and oxygen atoms in total. The molecule has 0 spiro atoms. The van der Waals surface area contributed by atoms with Crippen LogP contribution in [0.2, 0.25) is 0 Å². The molecule has 0 aliphatic carbocycles. The van der Waals surface area contributed by atoms with E-state index in [0.29, 0.717) is 4.64 Å². The van der Waals surface area contributed by atoms with E-state index in [-0.39, 0.29) is 4.77 Å². The summed E-state index contributed by atoms with van der Waals surface area (Å²) >= 11 is 9.89. The predicted octanol–water partition coefficient (Wildman–Crippen LogP) is 0.574. The van der Waals surface area contributed by atoms with Crippen LogP contribution in [0.25, 0.3) is 0 Å². The third kappa shape index (κ3) is 2.26. The first-order valence-corrected chi connectivity index (χ1v) is 6.23. The Bertz CT molecular complexity index is 602. The fourth-order valence-electron chi connectivity index (χ4n) is 2.01. The maximum Gasteiger partial charge on any atom is 0.263 e. The molecule has 2 heterocycles. The van der Waals surface area contributed by atoms with Crippen molar-refractivity contribution in [3.05, 3.63) is 21.7 Å². The van der Waals surface area contributed by atoms with Crippen LogP contribution < -0.4 is 0 Å². The Morgan fingerprint density at radius 3 is 2.68 bits per heavy atom. The Morgan fingerprint density at radius 2 is 2.21 bits per heavy atom. The van der Waals surface area contributed by atoms with E-state index in [2.05, 4.69) is 4.98 Å². The molecular weight excluding hydrogens is 295 g/mol. The highest BCUT2D eigenvalue weighted by atomic mass is 32.1. The van der Waals surface area contributed by atoms with Crippen molar-refractivity contribution in [2.24, 2.45) is 0 Å². The molecule has 9 heteroatoms. The van der Waals surface area contributed by atoms with Crippen molar-refractivity contribution in [1.29, 1.82) is 0 Å². The van der Waals surface area contributed by atoms with Gasteiger partial charge in [-0.3, -0.25) is 4.57 Å². The van der Waals surface area contributed by atoms with Crippen LogP contribution in [0.3, 0.4) is 0 Å². The number of aliphatic hydroxyl groups excluding tert-OH is 2. The second-order valence-electron chi connectivity index (χ2n) is 4.56. The number of H-pyrrole nitrogens is 1. The number of alkyl halides is 1. The van der Waals surface area contributed by atoms with Gasteiger partial charge in [-0.05, 0) is 25.2 Å². The van der Waals surface area contributed by atoms with Gasteiger partial charge in [-0.25, -0.2) is 4.39 Å². The molecule has 4 N–H and O–H groups in total. The van der Waals surface area contributed by atoms with Gasteiger partial charge >= 0.3 is 0 Å². The largest absolute Gasteiger partial charge is 0.390 e. The lowest BCUT2D eigenvalue weighted by atomic mass is 9.95. The second-order valence-corrected chi connectivity index (χ2v) is 5.39. The molecule has 1 aromatic heterocycles. The van der Waals surface area contributed by atoms with Crippen LogP contribution in [0.5, 0.6) is 0 Å². The summed E-state index contributed by atoms with van der Waals surface area (Å²) in [7, 11) is 0. The number of rotatable bonds is 2. The van der Waals surface area contributed by atoms with Crippen LogP contribution in [0.15, 0.2) is 12.3 Å². The third-order valence-corrected chi connectivity index (χ3v) is 3.64. The Labute approximate surface area is 118 Å². The summed E-state index contributed by atoms with van der Waals surface area (Å²) in [6.07, 6.45) is -1.80. The number of halogens is 1. The fraction of sp³-hybridized carbons (Fsp3) is 0.600. The smallest absolute Gasteiger partial charge is 0.263 e. The highest BCUT2D eigenvalue weighted by Crippen LogP contribution is 2.44. The van der Waals surface area contributed by atoms with Crippen LogP contribution in [0.1, 0.15) is 13.2 Å². The van der Waals surface area contributed by atoms with Crippen molar-refractivity contribution in [3.8, 4) is 0 Å². The van der Waals surface area contributed by atoms with E-state index in [0.717, 1.165) is 0 Å². The Balaban J connectivity index is 2.51. The lowest BCUT2D eigenvalue weighted by Crippen LogP contribution is -2.48. The number of hydrogen-bond donors (Lipinski definition) is 4. The quantitative estimate of drug-likeness (QED) is 0.597. The average Bonchev–Trinajstić information content (AvgIpc) is 2.51. The molecule has 1 aliphatic heterocycles. The molecule has 106 valence electrons. The molecule has 2 rings (SSSR count). The van der Waals surface area contributed by atoms with Gasteiger partial charge in [0.05, 0.1) is 0 Å². The van der Waals surface area contributed by atoms with Gasteiger partial charge in [0.15, 0.2) is 11.0 Å². The number of aromatic amines is 1. The topological polar surface area (TPSA) is 90.6 Å². The van der Waals surface area contributed by atoms with Gasteiger partial charge in [-0.15, -0.1) is 0 Å². The normalized spacial score (nSPS) is 38.6. The molecule has 4 atom stereocenters. The number of nitrogens with zero attached hydrogens (tertiary/aromatic N) is 1. The minimum Gasteiger partial charge on any atom is -0.390 e. The van der Waals surface area contributed by atoms with Crippen LogP contribution in [-0.4, -0.2) is 49.0 Å². The summed E-state index contributed by atoms with van der Waals surface area (Å²) in [6.45, 7) is 0.111. The van der Waals surface area contributed by atoms with E-state index < -0.39 is 30.4 Å². The van der Waals surface area contributed by atoms with E-state index in [4.69, 9.17) is 34.3 Å². The molecule has 0 bridgehead atoms. The lowest BCUT2D eigenvalue weighted by molar-refractivity contribution is -0.207. The van der Waals surface area contributed by atoms with E-state index in [1.165, 1.54) is 23.8 Å². The van der Waals surface area contributed by atoms with Crippen molar-refractivity contribution >= 4 is 24.4 Å². The predicted molar refractivity (Wildman–Crippen MR) is 68.1 cm³/mol. The van der Waals surface area contributed by atoms with Gasteiger partial charge in [0.2, 0.25) is 0 Å². The minimum atomic E-state index is -2.75. The Morgan fingerprint density at radius 1 is 1.58 bits per heavy atom. The Kier molecular flexibility index (Phi) is 3.62. The number of aromatic nitrogens is 2. The van der Waals surface area contributed by atoms with Crippen molar-refractivity contribution in [1.82, 2.24) is 9.55 Å². The maximum absolute atomic E-state index is 14.1. The van der Waals surface area contributed by atoms with Gasteiger partial charge in [-0.2, -0.15) is 0 Å². The van der Waals surface area contributed by atoms with Gasteiger partial charge in [0.1, 0.15) is 23.0 Å². The van der Waals surface area contributed by atoms with Crippen molar-refractivity contribution in [3.63, 3.8) is 0 Å². The van der Waals surface area contributed by atoms with Gasteiger partial charge < -0.3 is 25.0 Å². The first kappa shape index (κ1) is 14.7. The van der Waals surface area contributed by atoms with Crippen LogP contribution in [-0.2, 0) is 4.74 Å². The van der Waals surface area contributed by atoms with E-state index >= 15 is 0 Å². The molecule has 1 fully saturated rings. The number of nitrogens with one attached hydrogen (secondary N) is 1. The summed E-state index contributed by atoms with van der Waals surface area (Å²) in [5.74, 6) is -2.75. The van der Waals surface area contributed by atoms with Crippen LogP contribution in [0.4, 0.5) is 4.39 Å². The second kappa shape index (κ2) is 4.69. The molecule has 19 heavy (non-hydrogen) atoms. The van der Waals surface area contributed by atoms with Gasteiger partial charge in [0.25, 0.3) is 5.85 Å². The molecule has 1 saturated heterocycles. The van der Waals surface area contributed by atoms with Gasteiger partial charge in [0, 0.05) is 6.20 Å².